The first-order valence-corrected chi connectivity index (χ1v) is 6.17. The number of methoxy groups -OCH3 is 2. The van der Waals surface area contributed by atoms with Gasteiger partial charge in [-0.3, -0.25) is 14.9 Å². The number of benzene rings is 1. The molecule has 7 nitrogen and oxygen atoms in total. The second kappa shape index (κ2) is 7.32. The highest BCUT2D eigenvalue weighted by Gasteiger charge is 2.20. The number of nitro benzene ring substituents is 1. The standard InChI is InChI=1S/C13H18N2O5/c1-4-14(8-7-13(16)20-3)11-6-5-10(19-2)9-12(11)15(17)18/h5-6,9H,4,7-8H2,1-3H3. The van der Waals surface area contributed by atoms with Crippen LogP contribution in [0.15, 0.2) is 18.2 Å². The fourth-order valence-corrected chi connectivity index (χ4v) is 1.82. The summed E-state index contributed by atoms with van der Waals surface area (Å²) < 4.78 is 9.57. The van der Waals surface area contributed by atoms with Crippen LogP contribution in [0.5, 0.6) is 5.75 Å². The largest absolute Gasteiger partial charge is 0.496 e. The van der Waals surface area contributed by atoms with Crippen molar-refractivity contribution in [1.29, 1.82) is 0 Å². The molecule has 0 aliphatic heterocycles. The van der Waals surface area contributed by atoms with Gasteiger partial charge < -0.3 is 14.4 Å². The van der Waals surface area contributed by atoms with E-state index < -0.39 is 4.92 Å². The van der Waals surface area contributed by atoms with Crippen molar-refractivity contribution in [2.24, 2.45) is 0 Å². The molecule has 0 unspecified atom stereocenters. The Morgan fingerprint density at radius 1 is 1.40 bits per heavy atom. The quantitative estimate of drug-likeness (QED) is 0.432. The Bertz CT molecular complexity index is 490. The monoisotopic (exact) mass is 282 g/mol. The van der Waals surface area contributed by atoms with E-state index >= 15 is 0 Å². The van der Waals surface area contributed by atoms with E-state index in [4.69, 9.17) is 4.74 Å². The third kappa shape index (κ3) is 3.84. The molecule has 0 amide bonds. The average molecular weight is 282 g/mol. The summed E-state index contributed by atoms with van der Waals surface area (Å²) in [6.07, 6.45) is 0.174. The Labute approximate surface area is 117 Å². The van der Waals surface area contributed by atoms with E-state index in [1.54, 1.807) is 17.0 Å². The van der Waals surface area contributed by atoms with E-state index in [1.807, 2.05) is 6.92 Å². The number of carbonyl (C=O) groups is 1. The van der Waals surface area contributed by atoms with Crippen LogP contribution in [-0.4, -0.2) is 38.2 Å². The summed E-state index contributed by atoms with van der Waals surface area (Å²) >= 11 is 0. The van der Waals surface area contributed by atoms with Crippen LogP contribution < -0.4 is 9.64 Å². The molecule has 0 aliphatic rings. The van der Waals surface area contributed by atoms with E-state index in [2.05, 4.69) is 4.74 Å². The number of hydrogen-bond acceptors (Lipinski definition) is 6. The van der Waals surface area contributed by atoms with E-state index in [-0.39, 0.29) is 18.1 Å². The van der Waals surface area contributed by atoms with Crippen molar-refractivity contribution >= 4 is 17.3 Å². The summed E-state index contributed by atoms with van der Waals surface area (Å²) in [5.41, 5.74) is 0.415. The first kappa shape index (κ1) is 15.7. The van der Waals surface area contributed by atoms with Crippen LogP contribution in [0.4, 0.5) is 11.4 Å². The summed E-state index contributed by atoms with van der Waals surface area (Å²) in [6.45, 7) is 2.77. The maximum absolute atomic E-state index is 11.2. The molecule has 0 aliphatic carbocycles. The number of ether oxygens (including phenoxy) is 2. The van der Waals surface area contributed by atoms with Crippen LogP contribution in [0.25, 0.3) is 0 Å². The Hall–Kier alpha value is -2.31. The molecule has 0 aromatic heterocycles. The highest BCUT2D eigenvalue weighted by Crippen LogP contribution is 2.32. The third-order valence-electron chi connectivity index (χ3n) is 2.92. The number of rotatable bonds is 7. The topological polar surface area (TPSA) is 81.9 Å². The van der Waals surface area contributed by atoms with E-state index in [0.717, 1.165) is 0 Å². The molecule has 0 heterocycles. The molecule has 0 saturated carbocycles. The molecule has 1 rings (SSSR count). The second-order valence-electron chi connectivity index (χ2n) is 4.02. The van der Waals surface area contributed by atoms with Crippen molar-refractivity contribution < 1.29 is 19.2 Å². The number of nitro groups is 1. The summed E-state index contributed by atoms with van der Waals surface area (Å²) in [5, 5.41) is 11.1. The molecule has 0 spiro atoms. The van der Waals surface area contributed by atoms with Gasteiger partial charge in [-0.05, 0) is 19.1 Å². The van der Waals surface area contributed by atoms with Gasteiger partial charge >= 0.3 is 5.97 Å². The summed E-state index contributed by atoms with van der Waals surface area (Å²) in [5.74, 6) is 0.0732. The van der Waals surface area contributed by atoms with Gasteiger partial charge in [-0.15, -0.1) is 0 Å². The normalized spacial score (nSPS) is 9.95. The van der Waals surface area contributed by atoms with Crippen molar-refractivity contribution in [3.8, 4) is 5.75 Å². The van der Waals surface area contributed by atoms with Crippen LogP contribution in [0.1, 0.15) is 13.3 Å². The molecule has 110 valence electrons. The highest BCUT2D eigenvalue weighted by atomic mass is 16.6. The van der Waals surface area contributed by atoms with Crippen molar-refractivity contribution in [3.05, 3.63) is 28.3 Å². The van der Waals surface area contributed by atoms with Gasteiger partial charge in [0.25, 0.3) is 5.69 Å². The lowest BCUT2D eigenvalue weighted by Gasteiger charge is -2.22. The van der Waals surface area contributed by atoms with Crippen LogP contribution in [0.2, 0.25) is 0 Å². The number of nitrogens with zero attached hydrogens (tertiary/aromatic N) is 2. The van der Waals surface area contributed by atoms with Crippen molar-refractivity contribution in [3.63, 3.8) is 0 Å². The fraction of sp³-hybridized carbons (Fsp3) is 0.462. The maximum Gasteiger partial charge on any atom is 0.307 e. The molecule has 0 radical (unpaired) electrons. The van der Waals surface area contributed by atoms with Gasteiger partial charge in [-0.1, -0.05) is 0 Å². The first-order chi connectivity index (χ1) is 9.53. The number of esters is 1. The average Bonchev–Trinajstić information content (AvgIpc) is 2.47. The summed E-state index contributed by atoms with van der Waals surface area (Å²) in [7, 11) is 2.77. The second-order valence-corrected chi connectivity index (χ2v) is 4.02. The molecule has 0 saturated heterocycles. The molecule has 0 bridgehead atoms. The van der Waals surface area contributed by atoms with Crippen molar-refractivity contribution in [1.82, 2.24) is 0 Å². The highest BCUT2D eigenvalue weighted by molar-refractivity contribution is 5.71. The smallest absolute Gasteiger partial charge is 0.307 e. The van der Waals surface area contributed by atoms with Gasteiger partial charge in [-0.2, -0.15) is 0 Å². The summed E-state index contributed by atoms with van der Waals surface area (Å²) in [4.78, 5) is 23.6. The third-order valence-corrected chi connectivity index (χ3v) is 2.92. The van der Waals surface area contributed by atoms with Gasteiger partial charge in [-0.25, -0.2) is 0 Å². The van der Waals surface area contributed by atoms with Crippen molar-refractivity contribution in [2.45, 2.75) is 13.3 Å². The number of anilines is 1. The van der Waals surface area contributed by atoms with Gasteiger partial charge in [0.1, 0.15) is 11.4 Å². The van der Waals surface area contributed by atoms with E-state index in [1.165, 1.54) is 20.3 Å². The van der Waals surface area contributed by atoms with Crippen LogP contribution >= 0.6 is 0 Å². The minimum Gasteiger partial charge on any atom is -0.496 e. The van der Waals surface area contributed by atoms with Crippen LogP contribution in [-0.2, 0) is 9.53 Å². The Balaban J connectivity index is 3.01. The predicted molar refractivity (Wildman–Crippen MR) is 74.2 cm³/mol. The molecule has 0 N–H and O–H groups in total. The SMILES string of the molecule is CCN(CCC(=O)OC)c1ccc(OC)cc1[N+](=O)[O-]. The van der Waals surface area contributed by atoms with E-state index in [9.17, 15) is 14.9 Å². The zero-order chi connectivity index (χ0) is 15.1. The fourth-order valence-electron chi connectivity index (χ4n) is 1.82. The zero-order valence-electron chi connectivity index (χ0n) is 11.8. The minimum atomic E-state index is -0.460. The molecular formula is C13H18N2O5. The van der Waals surface area contributed by atoms with Crippen LogP contribution in [0, 0.1) is 10.1 Å². The Kier molecular flexibility index (Phi) is 5.76. The van der Waals surface area contributed by atoms with Gasteiger partial charge in [0.15, 0.2) is 0 Å². The molecular weight excluding hydrogens is 264 g/mol. The Morgan fingerprint density at radius 2 is 2.10 bits per heavy atom. The van der Waals surface area contributed by atoms with Gasteiger partial charge in [0, 0.05) is 13.1 Å². The maximum atomic E-state index is 11.2. The van der Waals surface area contributed by atoms with Gasteiger partial charge in [0.2, 0.25) is 0 Å². The lowest BCUT2D eigenvalue weighted by atomic mass is 10.2. The number of carbonyl (C=O) groups excluding carboxylic acids is 1. The summed E-state index contributed by atoms with van der Waals surface area (Å²) in [6, 6.07) is 4.65. The lowest BCUT2D eigenvalue weighted by Crippen LogP contribution is -2.26. The molecule has 0 fully saturated rings. The molecule has 1 aromatic carbocycles. The number of hydrogen-bond donors (Lipinski definition) is 0. The van der Waals surface area contributed by atoms with Gasteiger partial charge in [0.05, 0.1) is 31.6 Å². The zero-order valence-corrected chi connectivity index (χ0v) is 11.8. The minimum absolute atomic E-state index is 0.0453. The first-order valence-electron chi connectivity index (χ1n) is 6.17. The Morgan fingerprint density at radius 3 is 2.60 bits per heavy atom. The molecule has 20 heavy (non-hydrogen) atoms. The predicted octanol–water partition coefficient (Wildman–Crippen LogP) is 1.99. The van der Waals surface area contributed by atoms with Crippen molar-refractivity contribution in [2.75, 3.05) is 32.2 Å². The lowest BCUT2D eigenvalue weighted by molar-refractivity contribution is -0.384. The van der Waals surface area contributed by atoms with E-state index in [0.29, 0.717) is 24.5 Å². The molecule has 0 atom stereocenters. The molecule has 7 heteroatoms. The van der Waals surface area contributed by atoms with Crippen LogP contribution in [0.3, 0.4) is 0 Å². The molecule has 1 aromatic rings.